The number of nitrogens with zero attached hydrogens (tertiary/aromatic N) is 1. The van der Waals surface area contributed by atoms with Gasteiger partial charge in [0.15, 0.2) is 5.76 Å². The number of amides is 2. The van der Waals surface area contributed by atoms with Crippen molar-refractivity contribution in [3.63, 3.8) is 0 Å². The van der Waals surface area contributed by atoms with Gasteiger partial charge in [-0.3, -0.25) is 20.4 Å². The summed E-state index contributed by atoms with van der Waals surface area (Å²) in [6, 6.07) is 16.7. The van der Waals surface area contributed by atoms with Crippen LogP contribution in [0, 0.1) is 13.8 Å². The topological polar surface area (TPSA) is 95.7 Å². The van der Waals surface area contributed by atoms with Crippen LogP contribution >= 0.6 is 0 Å². The van der Waals surface area contributed by atoms with Gasteiger partial charge in [0.1, 0.15) is 5.76 Å². The third-order valence-electron chi connectivity index (χ3n) is 5.20. The highest BCUT2D eigenvalue weighted by molar-refractivity contribution is 6.07. The summed E-state index contributed by atoms with van der Waals surface area (Å²) in [6.07, 6.45) is 2.26. The van der Waals surface area contributed by atoms with E-state index in [-0.39, 0.29) is 17.6 Å². The number of benzene rings is 2. The Bertz CT molecular complexity index is 1150. The lowest BCUT2D eigenvalue weighted by Crippen LogP contribution is -2.29. The van der Waals surface area contributed by atoms with Gasteiger partial charge in [0.25, 0.3) is 5.91 Å². The molecule has 2 amide bonds. The number of fused-ring (bicyclic) bond motifs is 1. The lowest BCUT2D eigenvalue weighted by atomic mass is 9.93. The van der Waals surface area contributed by atoms with Gasteiger partial charge in [-0.25, -0.2) is 5.43 Å². The van der Waals surface area contributed by atoms with Gasteiger partial charge in [0, 0.05) is 23.1 Å². The SMILES string of the molecule is Cc1cccc(C(=O)N/N=C2\CCCc3oc(C(=O)NNc4ccccc4)c(C)c32)c1. The number of nitrogens with one attached hydrogen (secondary N) is 3. The number of hydrogen-bond acceptors (Lipinski definition) is 5. The molecule has 3 N–H and O–H groups in total. The molecule has 158 valence electrons. The van der Waals surface area contributed by atoms with E-state index in [0.717, 1.165) is 41.1 Å². The second kappa shape index (κ2) is 8.87. The van der Waals surface area contributed by atoms with Gasteiger partial charge in [-0.05, 0) is 51.0 Å². The van der Waals surface area contributed by atoms with Gasteiger partial charge in [0.2, 0.25) is 0 Å². The van der Waals surface area contributed by atoms with E-state index in [1.807, 2.05) is 62.4 Å². The molecule has 3 aromatic rings. The minimum atomic E-state index is -0.362. The molecule has 31 heavy (non-hydrogen) atoms. The molecule has 0 radical (unpaired) electrons. The molecule has 0 bridgehead atoms. The number of rotatable bonds is 5. The van der Waals surface area contributed by atoms with Crippen LogP contribution in [0.15, 0.2) is 64.1 Å². The van der Waals surface area contributed by atoms with E-state index in [4.69, 9.17) is 4.42 Å². The quantitative estimate of drug-likeness (QED) is 0.545. The van der Waals surface area contributed by atoms with E-state index in [1.165, 1.54) is 0 Å². The zero-order valence-corrected chi connectivity index (χ0v) is 17.5. The molecular weight excluding hydrogens is 392 g/mol. The first-order valence-electron chi connectivity index (χ1n) is 10.2. The molecule has 2 aromatic carbocycles. The lowest BCUT2D eigenvalue weighted by Gasteiger charge is -2.13. The van der Waals surface area contributed by atoms with E-state index in [2.05, 4.69) is 21.4 Å². The van der Waals surface area contributed by atoms with Crippen LogP contribution in [-0.4, -0.2) is 17.5 Å². The fourth-order valence-corrected chi connectivity index (χ4v) is 3.67. The van der Waals surface area contributed by atoms with E-state index in [1.54, 1.807) is 6.07 Å². The van der Waals surface area contributed by atoms with Crippen LogP contribution in [0.2, 0.25) is 0 Å². The molecule has 1 aromatic heterocycles. The second-order valence-corrected chi connectivity index (χ2v) is 7.52. The number of para-hydroxylation sites is 1. The molecule has 4 rings (SSSR count). The van der Waals surface area contributed by atoms with Crippen LogP contribution in [0.5, 0.6) is 0 Å². The monoisotopic (exact) mass is 416 g/mol. The van der Waals surface area contributed by atoms with Gasteiger partial charge >= 0.3 is 5.91 Å². The molecule has 0 saturated heterocycles. The number of aryl methyl sites for hydroxylation is 2. The van der Waals surface area contributed by atoms with E-state index in [9.17, 15) is 9.59 Å². The first kappa shape index (κ1) is 20.4. The molecule has 1 heterocycles. The molecule has 0 atom stereocenters. The molecule has 7 nitrogen and oxygen atoms in total. The van der Waals surface area contributed by atoms with Crippen LogP contribution in [0.3, 0.4) is 0 Å². The first-order valence-corrected chi connectivity index (χ1v) is 10.2. The van der Waals surface area contributed by atoms with Crippen molar-refractivity contribution in [2.24, 2.45) is 5.10 Å². The van der Waals surface area contributed by atoms with Gasteiger partial charge < -0.3 is 4.42 Å². The number of carbonyl (C=O) groups is 2. The smallest absolute Gasteiger partial charge is 0.305 e. The van der Waals surface area contributed by atoms with Crippen LogP contribution in [-0.2, 0) is 6.42 Å². The summed E-state index contributed by atoms with van der Waals surface area (Å²) in [5.41, 5.74) is 12.8. The maximum atomic E-state index is 12.7. The van der Waals surface area contributed by atoms with Crippen LogP contribution < -0.4 is 16.3 Å². The number of anilines is 1. The molecule has 0 fully saturated rings. The first-order chi connectivity index (χ1) is 15.0. The number of hydrazine groups is 1. The van der Waals surface area contributed by atoms with Gasteiger partial charge in [-0.1, -0.05) is 35.9 Å². The minimum absolute atomic E-state index is 0.244. The molecule has 1 aliphatic carbocycles. The Morgan fingerprint density at radius 3 is 2.55 bits per heavy atom. The largest absolute Gasteiger partial charge is 0.455 e. The highest BCUT2D eigenvalue weighted by atomic mass is 16.4. The van der Waals surface area contributed by atoms with Crippen LogP contribution in [0.1, 0.15) is 56.2 Å². The van der Waals surface area contributed by atoms with Crippen LogP contribution in [0.25, 0.3) is 0 Å². The molecule has 1 aliphatic rings. The fraction of sp³-hybridized carbons (Fsp3) is 0.208. The van der Waals surface area contributed by atoms with E-state index in [0.29, 0.717) is 17.5 Å². The van der Waals surface area contributed by atoms with Crippen molar-refractivity contribution in [3.05, 3.63) is 88.4 Å². The van der Waals surface area contributed by atoms with Crippen molar-refractivity contribution in [1.82, 2.24) is 10.9 Å². The van der Waals surface area contributed by atoms with Gasteiger partial charge in [-0.15, -0.1) is 0 Å². The van der Waals surface area contributed by atoms with Crippen molar-refractivity contribution in [2.75, 3.05) is 5.43 Å². The highest BCUT2D eigenvalue weighted by Gasteiger charge is 2.28. The molecule has 0 aliphatic heterocycles. The average Bonchev–Trinajstić information content (AvgIpc) is 3.13. The standard InChI is InChI=1S/C24H24N4O3/c1-15-8-6-9-17(14-15)23(29)27-26-19-12-7-13-20-21(19)16(2)22(31-20)24(30)28-25-18-10-4-3-5-11-18/h3-6,8-11,14,25H,7,12-13H2,1-2H3,(H,27,29)(H,28,30)/b26-19+. The highest BCUT2D eigenvalue weighted by Crippen LogP contribution is 2.29. The maximum Gasteiger partial charge on any atom is 0.305 e. The Hall–Kier alpha value is -3.87. The predicted molar refractivity (Wildman–Crippen MR) is 119 cm³/mol. The Morgan fingerprint density at radius 2 is 1.77 bits per heavy atom. The summed E-state index contributed by atoms with van der Waals surface area (Å²) < 4.78 is 5.88. The number of hydrazone groups is 1. The third-order valence-corrected chi connectivity index (χ3v) is 5.20. The average molecular weight is 416 g/mol. The summed E-state index contributed by atoms with van der Waals surface area (Å²) in [5.74, 6) is 0.332. The van der Waals surface area contributed by atoms with Crippen molar-refractivity contribution < 1.29 is 14.0 Å². The Labute approximate surface area is 180 Å². The normalized spacial score (nSPS) is 14.1. The molecule has 0 unspecified atom stereocenters. The maximum absolute atomic E-state index is 12.7. The minimum Gasteiger partial charge on any atom is -0.455 e. The van der Waals surface area contributed by atoms with Crippen molar-refractivity contribution in [2.45, 2.75) is 33.1 Å². The molecule has 0 spiro atoms. The van der Waals surface area contributed by atoms with Gasteiger partial charge in [0.05, 0.1) is 11.4 Å². The molecule has 0 saturated carbocycles. The Morgan fingerprint density at radius 1 is 0.968 bits per heavy atom. The zero-order chi connectivity index (χ0) is 21.8. The van der Waals surface area contributed by atoms with E-state index < -0.39 is 0 Å². The summed E-state index contributed by atoms with van der Waals surface area (Å²) in [6.45, 7) is 3.77. The van der Waals surface area contributed by atoms with Crippen molar-refractivity contribution in [3.8, 4) is 0 Å². The summed E-state index contributed by atoms with van der Waals surface area (Å²) in [7, 11) is 0. The summed E-state index contributed by atoms with van der Waals surface area (Å²) in [4.78, 5) is 25.1. The number of hydrogen-bond donors (Lipinski definition) is 3. The van der Waals surface area contributed by atoms with E-state index >= 15 is 0 Å². The molecule has 7 heteroatoms. The summed E-state index contributed by atoms with van der Waals surface area (Å²) in [5, 5.41) is 4.37. The zero-order valence-electron chi connectivity index (χ0n) is 17.5. The fourth-order valence-electron chi connectivity index (χ4n) is 3.67. The van der Waals surface area contributed by atoms with Crippen molar-refractivity contribution in [1.29, 1.82) is 0 Å². The number of furan rings is 1. The van der Waals surface area contributed by atoms with Crippen molar-refractivity contribution >= 4 is 23.2 Å². The molecular formula is C24H24N4O3. The third kappa shape index (κ3) is 4.50. The second-order valence-electron chi connectivity index (χ2n) is 7.52. The van der Waals surface area contributed by atoms with Crippen LogP contribution in [0.4, 0.5) is 5.69 Å². The summed E-state index contributed by atoms with van der Waals surface area (Å²) >= 11 is 0. The predicted octanol–water partition coefficient (Wildman–Crippen LogP) is 4.12. The number of carbonyl (C=O) groups excluding carboxylic acids is 2. The Kier molecular flexibility index (Phi) is 5.84. The lowest BCUT2D eigenvalue weighted by molar-refractivity contribution is 0.0930. The van der Waals surface area contributed by atoms with Gasteiger partial charge in [-0.2, -0.15) is 5.10 Å². The Balaban J connectivity index is 1.51.